The van der Waals surface area contributed by atoms with Gasteiger partial charge < -0.3 is 14.3 Å². The summed E-state index contributed by atoms with van der Waals surface area (Å²) in [6.07, 6.45) is 2.30. The van der Waals surface area contributed by atoms with Crippen molar-refractivity contribution in [2.24, 2.45) is 0 Å². The highest BCUT2D eigenvalue weighted by molar-refractivity contribution is 7.98. The molecule has 34 heavy (non-hydrogen) atoms. The maximum Gasteiger partial charge on any atom is 0.255 e. The number of piperazine rings is 1. The van der Waals surface area contributed by atoms with Gasteiger partial charge in [0.2, 0.25) is 5.91 Å². The van der Waals surface area contributed by atoms with Gasteiger partial charge >= 0.3 is 0 Å². The van der Waals surface area contributed by atoms with Gasteiger partial charge in [-0.3, -0.25) is 9.59 Å². The Labute approximate surface area is 205 Å². The van der Waals surface area contributed by atoms with Gasteiger partial charge in [-0.05, 0) is 44.4 Å². The van der Waals surface area contributed by atoms with Crippen molar-refractivity contribution in [2.75, 3.05) is 26.2 Å². The summed E-state index contributed by atoms with van der Waals surface area (Å²) in [5, 5.41) is 4.02. The molecular weight excluding hydrogens is 446 g/mol. The number of rotatable bonds is 8. The predicted molar refractivity (Wildman–Crippen MR) is 134 cm³/mol. The average molecular weight is 478 g/mol. The lowest BCUT2D eigenvalue weighted by molar-refractivity contribution is -0.132. The summed E-state index contributed by atoms with van der Waals surface area (Å²) in [5.74, 6) is 1.73. The second-order valence-corrected chi connectivity index (χ2v) is 9.62. The monoisotopic (exact) mass is 477 g/mol. The van der Waals surface area contributed by atoms with E-state index >= 15 is 0 Å². The molecule has 0 saturated carbocycles. The van der Waals surface area contributed by atoms with Crippen molar-refractivity contribution in [3.63, 3.8) is 0 Å². The van der Waals surface area contributed by atoms with Crippen LogP contribution in [0.3, 0.4) is 0 Å². The lowest BCUT2D eigenvalue weighted by atomic mass is 10.1. The van der Waals surface area contributed by atoms with Gasteiger partial charge in [0.05, 0.1) is 11.3 Å². The van der Waals surface area contributed by atoms with Crippen LogP contribution in [-0.2, 0) is 17.0 Å². The molecule has 1 aliphatic rings. The number of hydrogen-bond acceptors (Lipinski definition) is 5. The van der Waals surface area contributed by atoms with Gasteiger partial charge in [-0.1, -0.05) is 47.6 Å². The van der Waals surface area contributed by atoms with E-state index < -0.39 is 0 Å². The number of hydrogen-bond donors (Lipinski definition) is 0. The molecule has 1 aliphatic heterocycles. The highest BCUT2D eigenvalue weighted by Crippen LogP contribution is 2.29. The van der Waals surface area contributed by atoms with E-state index in [0.717, 1.165) is 34.8 Å². The summed E-state index contributed by atoms with van der Waals surface area (Å²) in [4.78, 5) is 30.7. The largest absolute Gasteiger partial charge is 0.361 e. The highest BCUT2D eigenvalue weighted by Gasteiger charge is 2.26. The molecule has 1 saturated heterocycles. The van der Waals surface area contributed by atoms with Crippen LogP contribution in [0.5, 0.6) is 0 Å². The third-order valence-electron chi connectivity index (χ3n) is 6.29. The van der Waals surface area contributed by atoms with Crippen molar-refractivity contribution >= 4 is 23.6 Å². The summed E-state index contributed by atoms with van der Waals surface area (Å²) in [7, 11) is 0. The maximum absolute atomic E-state index is 13.3. The first-order valence-electron chi connectivity index (χ1n) is 11.8. The number of carbonyl (C=O) groups is 2. The molecule has 3 aromatic rings. The van der Waals surface area contributed by atoms with Gasteiger partial charge in [0.15, 0.2) is 0 Å². The Kier molecular flexibility index (Phi) is 8.06. The topological polar surface area (TPSA) is 66.7 Å². The molecule has 0 N–H and O–H groups in total. The molecule has 0 radical (unpaired) electrons. The SMILES string of the molecule is Cc1noc(C)c1CSc1ccccc1C(=O)N1CCN(C(=O)CCCc2ccccc2)CC1. The fraction of sp³-hybridized carbons (Fsp3) is 0.370. The van der Waals surface area contributed by atoms with Crippen LogP contribution in [0.1, 0.15) is 45.8 Å². The Hall–Kier alpha value is -3.06. The van der Waals surface area contributed by atoms with E-state index in [0.29, 0.717) is 43.9 Å². The van der Waals surface area contributed by atoms with E-state index in [-0.39, 0.29) is 11.8 Å². The molecule has 0 atom stereocenters. The minimum Gasteiger partial charge on any atom is -0.361 e. The van der Waals surface area contributed by atoms with E-state index in [2.05, 4.69) is 17.3 Å². The summed E-state index contributed by atoms with van der Waals surface area (Å²) in [5.41, 5.74) is 3.93. The molecule has 6 nitrogen and oxygen atoms in total. The van der Waals surface area contributed by atoms with Gasteiger partial charge in [-0.2, -0.15) is 0 Å². The van der Waals surface area contributed by atoms with E-state index in [4.69, 9.17) is 4.52 Å². The Morgan fingerprint density at radius 3 is 2.32 bits per heavy atom. The zero-order valence-electron chi connectivity index (χ0n) is 19.8. The van der Waals surface area contributed by atoms with Crippen molar-refractivity contribution in [3.8, 4) is 0 Å². The minimum absolute atomic E-state index is 0.0260. The fourth-order valence-corrected chi connectivity index (χ4v) is 5.40. The van der Waals surface area contributed by atoms with E-state index in [1.165, 1.54) is 5.56 Å². The second kappa shape index (κ2) is 11.4. The average Bonchev–Trinajstić information content (AvgIpc) is 3.20. The molecule has 1 aromatic heterocycles. The van der Waals surface area contributed by atoms with Crippen LogP contribution in [0.15, 0.2) is 64.0 Å². The zero-order valence-corrected chi connectivity index (χ0v) is 20.6. The van der Waals surface area contributed by atoms with Crippen LogP contribution in [0.4, 0.5) is 0 Å². The van der Waals surface area contributed by atoms with Gasteiger partial charge in [-0.25, -0.2) is 0 Å². The van der Waals surface area contributed by atoms with Crippen LogP contribution >= 0.6 is 11.8 Å². The summed E-state index contributed by atoms with van der Waals surface area (Å²) in [6, 6.07) is 18.0. The molecule has 2 amide bonds. The first-order chi connectivity index (χ1) is 16.5. The predicted octanol–water partition coefficient (Wildman–Crippen LogP) is 4.89. The molecule has 178 valence electrons. The number of amides is 2. The molecule has 7 heteroatoms. The lowest BCUT2D eigenvalue weighted by Crippen LogP contribution is -2.50. The third kappa shape index (κ3) is 5.89. The van der Waals surface area contributed by atoms with Crippen LogP contribution < -0.4 is 0 Å². The zero-order chi connectivity index (χ0) is 23.9. The molecule has 2 heterocycles. The minimum atomic E-state index is 0.0260. The summed E-state index contributed by atoms with van der Waals surface area (Å²) >= 11 is 1.63. The number of aryl methyl sites for hydroxylation is 3. The van der Waals surface area contributed by atoms with E-state index in [1.807, 2.05) is 66.1 Å². The Balaban J connectivity index is 1.29. The number of carbonyl (C=O) groups excluding carboxylic acids is 2. The van der Waals surface area contributed by atoms with Crippen LogP contribution in [-0.4, -0.2) is 52.9 Å². The van der Waals surface area contributed by atoms with E-state index in [1.54, 1.807) is 11.8 Å². The molecule has 0 spiro atoms. The summed E-state index contributed by atoms with van der Waals surface area (Å²) < 4.78 is 5.26. The molecular formula is C27H31N3O3S. The normalized spacial score (nSPS) is 13.8. The third-order valence-corrected chi connectivity index (χ3v) is 7.39. The van der Waals surface area contributed by atoms with Gasteiger partial charge in [0, 0.05) is 48.8 Å². The summed E-state index contributed by atoms with van der Waals surface area (Å²) in [6.45, 7) is 6.15. The van der Waals surface area contributed by atoms with Crippen molar-refractivity contribution in [2.45, 2.75) is 43.8 Å². The molecule has 0 bridgehead atoms. The molecule has 0 aliphatic carbocycles. The van der Waals surface area contributed by atoms with Crippen LogP contribution in [0, 0.1) is 13.8 Å². The van der Waals surface area contributed by atoms with Crippen molar-refractivity contribution in [1.82, 2.24) is 15.0 Å². The Morgan fingerprint density at radius 2 is 1.62 bits per heavy atom. The molecule has 4 rings (SSSR count). The van der Waals surface area contributed by atoms with Crippen molar-refractivity contribution in [3.05, 3.63) is 82.7 Å². The van der Waals surface area contributed by atoms with Gasteiger partial charge in [-0.15, -0.1) is 11.8 Å². The van der Waals surface area contributed by atoms with Crippen molar-refractivity contribution in [1.29, 1.82) is 0 Å². The molecule has 1 fully saturated rings. The van der Waals surface area contributed by atoms with Crippen LogP contribution in [0.25, 0.3) is 0 Å². The first-order valence-corrected chi connectivity index (χ1v) is 12.8. The standard InChI is InChI=1S/C27H31N3O3S/c1-20-24(21(2)33-28-20)19-34-25-13-7-6-12-23(25)27(32)30-17-15-29(16-18-30)26(31)14-8-11-22-9-4-3-5-10-22/h3-7,9-10,12-13H,8,11,14-19H2,1-2H3. The number of benzene rings is 2. The smallest absolute Gasteiger partial charge is 0.255 e. The number of aromatic nitrogens is 1. The van der Waals surface area contributed by atoms with Gasteiger partial charge in [0.1, 0.15) is 5.76 Å². The van der Waals surface area contributed by atoms with Crippen LogP contribution in [0.2, 0.25) is 0 Å². The van der Waals surface area contributed by atoms with Crippen molar-refractivity contribution < 1.29 is 14.1 Å². The molecule has 0 unspecified atom stereocenters. The fourth-order valence-electron chi connectivity index (χ4n) is 4.20. The number of nitrogens with zero attached hydrogens (tertiary/aromatic N) is 3. The second-order valence-electron chi connectivity index (χ2n) is 8.60. The highest BCUT2D eigenvalue weighted by atomic mass is 32.2. The number of thioether (sulfide) groups is 1. The van der Waals surface area contributed by atoms with Gasteiger partial charge in [0.25, 0.3) is 5.91 Å². The quantitative estimate of drug-likeness (QED) is 0.432. The lowest BCUT2D eigenvalue weighted by Gasteiger charge is -2.35. The molecule has 2 aromatic carbocycles. The maximum atomic E-state index is 13.3. The Morgan fingerprint density at radius 1 is 0.941 bits per heavy atom. The van der Waals surface area contributed by atoms with E-state index in [9.17, 15) is 9.59 Å². The first kappa shape index (κ1) is 24.1. The Bertz CT molecular complexity index is 1100.